The Balaban J connectivity index is 1.87. The van der Waals surface area contributed by atoms with Crippen LogP contribution in [0.2, 0.25) is 0 Å². The number of aliphatic hydroxyl groups is 1. The van der Waals surface area contributed by atoms with Crippen molar-refractivity contribution >= 4 is 5.91 Å². The van der Waals surface area contributed by atoms with Crippen molar-refractivity contribution in [1.82, 2.24) is 5.32 Å². The van der Waals surface area contributed by atoms with Gasteiger partial charge in [-0.1, -0.05) is 30.3 Å². The maximum atomic E-state index is 12.1. The van der Waals surface area contributed by atoms with Gasteiger partial charge >= 0.3 is 0 Å². The molecule has 4 N–H and O–H groups in total. The third-order valence-electron chi connectivity index (χ3n) is 3.74. The number of rotatable bonds is 5. The minimum Gasteiger partial charge on any atom is -0.394 e. The number of benzene rings is 1. The van der Waals surface area contributed by atoms with Crippen molar-refractivity contribution in [2.75, 3.05) is 6.61 Å². The number of nitrogens with two attached hydrogens (primary N) is 1. The second-order valence-electron chi connectivity index (χ2n) is 5.35. The van der Waals surface area contributed by atoms with Gasteiger partial charge in [-0.05, 0) is 31.2 Å². The van der Waals surface area contributed by atoms with Gasteiger partial charge in [-0.25, -0.2) is 0 Å². The third-order valence-corrected chi connectivity index (χ3v) is 3.74. The Labute approximate surface area is 114 Å². The lowest BCUT2D eigenvalue weighted by molar-refractivity contribution is -0.125. The fourth-order valence-electron chi connectivity index (χ4n) is 2.63. The largest absolute Gasteiger partial charge is 0.394 e. The van der Waals surface area contributed by atoms with Crippen LogP contribution < -0.4 is 11.1 Å². The molecule has 0 saturated heterocycles. The van der Waals surface area contributed by atoms with Gasteiger partial charge in [0.1, 0.15) is 0 Å². The summed E-state index contributed by atoms with van der Waals surface area (Å²) < 4.78 is 0. The molecule has 2 unspecified atom stereocenters. The molecule has 19 heavy (non-hydrogen) atoms. The van der Waals surface area contributed by atoms with Crippen LogP contribution in [0.3, 0.4) is 0 Å². The first kappa shape index (κ1) is 14.0. The summed E-state index contributed by atoms with van der Waals surface area (Å²) in [4.78, 5) is 12.1. The van der Waals surface area contributed by atoms with Gasteiger partial charge in [-0.15, -0.1) is 0 Å². The number of nitrogens with one attached hydrogen (secondary N) is 1. The molecule has 0 radical (unpaired) electrons. The standard InChI is InChI=1S/C15H22N2O2/c16-13-7-6-12(9-13)15(19)17-14(10-18)8-11-4-2-1-3-5-11/h1-5,12-14,18H,6-10,16H2,(H,17,19)/t12?,13?,14-/m0/s1. The highest BCUT2D eigenvalue weighted by Gasteiger charge is 2.28. The van der Waals surface area contributed by atoms with Gasteiger partial charge in [0.05, 0.1) is 12.6 Å². The van der Waals surface area contributed by atoms with Crippen LogP contribution in [0.25, 0.3) is 0 Å². The van der Waals surface area contributed by atoms with Gasteiger partial charge in [0, 0.05) is 12.0 Å². The molecule has 0 aromatic heterocycles. The predicted octanol–water partition coefficient (Wildman–Crippen LogP) is 0.834. The number of hydrogen-bond acceptors (Lipinski definition) is 3. The molecular weight excluding hydrogens is 240 g/mol. The minimum absolute atomic E-state index is 0.0137. The molecule has 0 spiro atoms. The van der Waals surface area contributed by atoms with Crippen molar-refractivity contribution in [2.45, 2.75) is 37.8 Å². The predicted molar refractivity (Wildman–Crippen MR) is 74.5 cm³/mol. The Hall–Kier alpha value is -1.39. The molecule has 1 aliphatic carbocycles. The molecule has 0 bridgehead atoms. The van der Waals surface area contributed by atoms with Crippen LogP contribution in [0.4, 0.5) is 0 Å². The van der Waals surface area contributed by atoms with E-state index in [9.17, 15) is 9.90 Å². The van der Waals surface area contributed by atoms with E-state index in [0.717, 1.165) is 24.8 Å². The van der Waals surface area contributed by atoms with E-state index in [4.69, 9.17) is 5.73 Å². The highest BCUT2D eigenvalue weighted by molar-refractivity contribution is 5.79. The zero-order chi connectivity index (χ0) is 13.7. The number of carbonyl (C=O) groups is 1. The molecule has 1 fully saturated rings. The molecular formula is C15H22N2O2. The number of hydrogen-bond donors (Lipinski definition) is 3. The first-order valence-electron chi connectivity index (χ1n) is 6.89. The lowest BCUT2D eigenvalue weighted by Crippen LogP contribution is -2.42. The van der Waals surface area contributed by atoms with Gasteiger partial charge < -0.3 is 16.2 Å². The van der Waals surface area contributed by atoms with Crippen molar-refractivity contribution in [2.24, 2.45) is 11.7 Å². The second kappa shape index (κ2) is 6.68. The topological polar surface area (TPSA) is 75.4 Å². The molecule has 1 amide bonds. The SMILES string of the molecule is NC1CCC(C(=O)N[C@H](CO)Cc2ccccc2)C1. The Morgan fingerprint density at radius 3 is 2.68 bits per heavy atom. The lowest BCUT2D eigenvalue weighted by atomic mass is 10.0. The average Bonchev–Trinajstić information content (AvgIpc) is 2.86. The van der Waals surface area contributed by atoms with Crippen LogP contribution in [0.1, 0.15) is 24.8 Å². The molecule has 4 heteroatoms. The van der Waals surface area contributed by atoms with Crippen LogP contribution in [0, 0.1) is 5.92 Å². The van der Waals surface area contributed by atoms with E-state index in [2.05, 4.69) is 5.32 Å². The summed E-state index contributed by atoms with van der Waals surface area (Å²) in [6.45, 7) is -0.0423. The summed E-state index contributed by atoms with van der Waals surface area (Å²) in [5, 5.41) is 12.3. The van der Waals surface area contributed by atoms with Crippen LogP contribution >= 0.6 is 0 Å². The molecule has 0 heterocycles. The summed E-state index contributed by atoms with van der Waals surface area (Å²) in [6.07, 6.45) is 3.19. The summed E-state index contributed by atoms with van der Waals surface area (Å²) in [5.41, 5.74) is 6.94. The van der Waals surface area contributed by atoms with Crippen LogP contribution in [-0.2, 0) is 11.2 Å². The summed E-state index contributed by atoms with van der Waals surface area (Å²) in [7, 11) is 0. The monoisotopic (exact) mass is 262 g/mol. The average molecular weight is 262 g/mol. The molecule has 4 nitrogen and oxygen atoms in total. The van der Waals surface area contributed by atoms with Crippen molar-refractivity contribution in [3.05, 3.63) is 35.9 Å². The molecule has 104 valence electrons. The number of aliphatic hydroxyl groups excluding tert-OH is 1. The third kappa shape index (κ3) is 4.04. The Morgan fingerprint density at radius 1 is 1.37 bits per heavy atom. The van der Waals surface area contributed by atoms with Crippen molar-refractivity contribution < 1.29 is 9.90 Å². The van der Waals surface area contributed by atoms with Crippen molar-refractivity contribution in [3.63, 3.8) is 0 Å². The molecule has 1 aromatic rings. The fraction of sp³-hybridized carbons (Fsp3) is 0.533. The van der Waals surface area contributed by atoms with E-state index in [-0.39, 0.29) is 30.5 Å². The molecule has 0 aliphatic heterocycles. The zero-order valence-electron chi connectivity index (χ0n) is 11.1. The van der Waals surface area contributed by atoms with E-state index in [1.54, 1.807) is 0 Å². The van der Waals surface area contributed by atoms with Crippen LogP contribution in [0.5, 0.6) is 0 Å². The minimum atomic E-state index is -0.216. The van der Waals surface area contributed by atoms with Crippen molar-refractivity contribution in [3.8, 4) is 0 Å². The normalized spacial score (nSPS) is 24.1. The molecule has 1 aromatic carbocycles. The Kier molecular flexibility index (Phi) is 4.93. The van der Waals surface area contributed by atoms with Gasteiger partial charge in [0.15, 0.2) is 0 Å². The highest BCUT2D eigenvalue weighted by atomic mass is 16.3. The maximum absolute atomic E-state index is 12.1. The van der Waals surface area contributed by atoms with Crippen molar-refractivity contribution in [1.29, 1.82) is 0 Å². The molecule has 1 aliphatic rings. The smallest absolute Gasteiger partial charge is 0.223 e. The molecule has 1 saturated carbocycles. The highest BCUT2D eigenvalue weighted by Crippen LogP contribution is 2.24. The Morgan fingerprint density at radius 2 is 2.11 bits per heavy atom. The lowest BCUT2D eigenvalue weighted by Gasteiger charge is -2.19. The summed E-state index contributed by atoms with van der Waals surface area (Å²) >= 11 is 0. The quantitative estimate of drug-likeness (QED) is 0.736. The first-order valence-corrected chi connectivity index (χ1v) is 6.89. The first-order chi connectivity index (χ1) is 9.19. The molecule has 3 atom stereocenters. The van der Waals surface area contributed by atoms with Gasteiger partial charge in [0.2, 0.25) is 5.91 Å². The molecule has 2 rings (SSSR count). The van der Waals surface area contributed by atoms with Crippen LogP contribution in [-0.4, -0.2) is 29.7 Å². The van der Waals surface area contributed by atoms with Gasteiger partial charge in [-0.2, -0.15) is 0 Å². The van der Waals surface area contributed by atoms with E-state index < -0.39 is 0 Å². The Bertz CT molecular complexity index is 408. The van der Waals surface area contributed by atoms with E-state index >= 15 is 0 Å². The van der Waals surface area contributed by atoms with Gasteiger partial charge in [-0.3, -0.25) is 4.79 Å². The second-order valence-corrected chi connectivity index (χ2v) is 5.35. The zero-order valence-corrected chi connectivity index (χ0v) is 11.1. The fourth-order valence-corrected chi connectivity index (χ4v) is 2.63. The number of amides is 1. The summed E-state index contributed by atoms with van der Waals surface area (Å²) in [5.74, 6) is 0.0442. The maximum Gasteiger partial charge on any atom is 0.223 e. The summed E-state index contributed by atoms with van der Waals surface area (Å²) in [6, 6.07) is 9.81. The number of carbonyl (C=O) groups excluding carboxylic acids is 1. The van der Waals surface area contributed by atoms with Gasteiger partial charge in [0.25, 0.3) is 0 Å². The van der Waals surface area contributed by atoms with E-state index in [1.165, 1.54) is 0 Å². The van der Waals surface area contributed by atoms with Crippen LogP contribution in [0.15, 0.2) is 30.3 Å². The van der Waals surface area contributed by atoms with E-state index in [1.807, 2.05) is 30.3 Å². The van der Waals surface area contributed by atoms with E-state index in [0.29, 0.717) is 6.42 Å².